The van der Waals surface area contributed by atoms with Gasteiger partial charge in [0.2, 0.25) is 0 Å². The Morgan fingerprint density at radius 3 is 1.44 bits per heavy atom. The lowest BCUT2D eigenvalue weighted by atomic mass is 9.83. The molecule has 2 aromatic heterocycles. The van der Waals surface area contributed by atoms with Crippen LogP contribution in [0.3, 0.4) is 0 Å². The number of benzene rings is 2. The molecule has 128 valence electrons. The molecule has 0 spiro atoms. The topological polar surface area (TPSA) is 26.3 Å². The van der Waals surface area contributed by atoms with Crippen molar-refractivity contribution in [1.29, 1.82) is 0 Å². The molecule has 2 heteroatoms. The lowest BCUT2D eigenvalue weighted by Crippen LogP contribution is -2.19. The molecule has 0 saturated heterocycles. The van der Waals surface area contributed by atoms with E-state index in [-0.39, 0.29) is 5.41 Å². The minimum atomic E-state index is -0.339. The second-order valence-corrected chi connectivity index (χ2v) is 7.74. The molecule has 0 radical (unpaired) electrons. The normalized spacial score (nSPS) is 12.4. The van der Waals surface area contributed by atoms with Crippen LogP contribution in [-0.2, 0) is 5.41 Å². The summed E-state index contributed by atoms with van der Waals surface area (Å²) >= 11 is 0. The summed E-state index contributed by atoms with van der Waals surface area (Å²) in [4.78, 5) is 0. The van der Waals surface area contributed by atoms with Crippen molar-refractivity contribution in [2.45, 2.75) is 47.0 Å². The molecule has 2 nitrogen and oxygen atoms in total. The minimum absolute atomic E-state index is 0.339. The van der Waals surface area contributed by atoms with Gasteiger partial charge in [-0.2, -0.15) is 0 Å². The Morgan fingerprint density at radius 2 is 1.04 bits per heavy atom. The van der Waals surface area contributed by atoms with E-state index >= 15 is 0 Å². The van der Waals surface area contributed by atoms with Gasteiger partial charge in [-0.05, 0) is 76.9 Å². The van der Waals surface area contributed by atoms with Crippen molar-refractivity contribution in [2.75, 3.05) is 0 Å². The number of furan rings is 2. The fourth-order valence-corrected chi connectivity index (χ4v) is 3.97. The number of fused-ring (bicyclic) bond motifs is 2. The van der Waals surface area contributed by atoms with Crippen molar-refractivity contribution in [2.24, 2.45) is 0 Å². The molecule has 4 aromatic rings. The van der Waals surface area contributed by atoms with Crippen LogP contribution in [0.25, 0.3) is 21.9 Å². The number of rotatable bonds is 2. The average molecular weight is 332 g/mol. The Balaban J connectivity index is 1.96. The van der Waals surface area contributed by atoms with Crippen LogP contribution in [-0.4, -0.2) is 0 Å². The van der Waals surface area contributed by atoms with Crippen molar-refractivity contribution in [3.8, 4) is 0 Å². The number of hydrogen-bond acceptors (Lipinski definition) is 2. The van der Waals surface area contributed by atoms with Gasteiger partial charge in [0.15, 0.2) is 0 Å². The van der Waals surface area contributed by atoms with Gasteiger partial charge in [0.25, 0.3) is 0 Å². The van der Waals surface area contributed by atoms with Crippen LogP contribution < -0.4 is 0 Å². The SMILES string of the molecule is Cc1ccc2oc(C(C)(C)c3oc4ccc(C)cc4c3C)c(C)c2c1. The molecule has 4 rings (SSSR count). The standard InChI is InChI=1S/C23H24O2/c1-13-7-9-19-17(11-13)15(3)21(24-19)23(5,6)22-16(4)18-12-14(2)8-10-20(18)25-22/h7-12H,1-6H3. The first-order chi connectivity index (χ1) is 11.8. The summed E-state index contributed by atoms with van der Waals surface area (Å²) in [6.07, 6.45) is 0. The van der Waals surface area contributed by atoms with Gasteiger partial charge in [-0.15, -0.1) is 0 Å². The zero-order valence-electron chi connectivity index (χ0n) is 15.8. The highest BCUT2D eigenvalue weighted by Gasteiger charge is 2.35. The predicted molar refractivity (Wildman–Crippen MR) is 104 cm³/mol. The molecule has 0 atom stereocenters. The highest BCUT2D eigenvalue weighted by atomic mass is 16.4. The molecule has 0 aliphatic carbocycles. The van der Waals surface area contributed by atoms with Gasteiger partial charge in [-0.3, -0.25) is 0 Å². The third-order valence-corrected chi connectivity index (χ3v) is 5.32. The first-order valence-electron chi connectivity index (χ1n) is 8.79. The van der Waals surface area contributed by atoms with E-state index < -0.39 is 0 Å². The molecule has 0 saturated carbocycles. The summed E-state index contributed by atoms with van der Waals surface area (Å²) in [6, 6.07) is 12.7. The second-order valence-electron chi connectivity index (χ2n) is 7.74. The summed E-state index contributed by atoms with van der Waals surface area (Å²) < 4.78 is 12.6. The summed E-state index contributed by atoms with van der Waals surface area (Å²) in [6.45, 7) is 12.9. The highest BCUT2D eigenvalue weighted by Crippen LogP contribution is 2.42. The Kier molecular flexibility index (Phi) is 3.37. The molecule has 2 aromatic carbocycles. The van der Waals surface area contributed by atoms with Gasteiger partial charge in [-0.1, -0.05) is 23.3 Å². The van der Waals surface area contributed by atoms with Crippen LogP contribution in [0.1, 0.15) is 47.6 Å². The van der Waals surface area contributed by atoms with Crippen molar-refractivity contribution in [1.82, 2.24) is 0 Å². The summed E-state index contributed by atoms with van der Waals surface area (Å²) in [5, 5.41) is 2.38. The molecule has 0 fully saturated rings. The van der Waals surface area contributed by atoms with Crippen molar-refractivity contribution >= 4 is 21.9 Å². The molecule has 0 aliphatic heterocycles. The Bertz CT molecular complexity index is 1020. The van der Waals surface area contributed by atoms with Crippen molar-refractivity contribution < 1.29 is 8.83 Å². The van der Waals surface area contributed by atoms with Gasteiger partial charge in [0.1, 0.15) is 22.7 Å². The molecule has 25 heavy (non-hydrogen) atoms. The van der Waals surface area contributed by atoms with Crippen LogP contribution in [0.4, 0.5) is 0 Å². The van der Waals surface area contributed by atoms with Crippen LogP contribution in [0.15, 0.2) is 45.2 Å². The summed E-state index contributed by atoms with van der Waals surface area (Å²) in [5.41, 5.74) is 6.42. The molecular weight excluding hydrogens is 308 g/mol. The second kappa shape index (κ2) is 5.26. The molecule has 0 unspecified atom stereocenters. The van der Waals surface area contributed by atoms with Crippen LogP contribution in [0.5, 0.6) is 0 Å². The Morgan fingerprint density at radius 1 is 0.640 bits per heavy atom. The van der Waals surface area contributed by atoms with Gasteiger partial charge in [0.05, 0.1) is 5.41 Å². The zero-order valence-corrected chi connectivity index (χ0v) is 15.8. The number of hydrogen-bond donors (Lipinski definition) is 0. The predicted octanol–water partition coefficient (Wildman–Crippen LogP) is 6.74. The monoisotopic (exact) mass is 332 g/mol. The summed E-state index contributed by atoms with van der Waals surface area (Å²) in [7, 11) is 0. The molecule has 2 heterocycles. The van der Waals surface area contributed by atoms with E-state index in [1.165, 1.54) is 33.0 Å². The fourth-order valence-electron chi connectivity index (χ4n) is 3.97. The van der Waals surface area contributed by atoms with E-state index in [9.17, 15) is 0 Å². The average Bonchev–Trinajstić information content (AvgIpc) is 3.07. The third kappa shape index (κ3) is 2.31. The Hall–Kier alpha value is -2.48. The minimum Gasteiger partial charge on any atom is -0.460 e. The van der Waals surface area contributed by atoms with Crippen LogP contribution in [0, 0.1) is 27.7 Å². The van der Waals surface area contributed by atoms with Gasteiger partial charge >= 0.3 is 0 Å². The highest BCUT2D eigenvalue weighted by molar-refractivity contribution is 5.85. The lowest BCUT2D eigenvalue weighted by Gasteiger charge is -2.21. The third-order valence-electron chi connectivity index (χ3n) is 5.32. The van der Waals surface area contributed by atoms with Gasteiger partial charge < -0.3 is 8.83 Å². The maximum absolute atomic E-state index is 6.29. The lowest BCUT2D eigenvalue weighted by molar-refractivity contribution is 0.381. The van der Waals surface area contributed by atoms with E-state index in [1.54, 1.807) is 0 Å². The smallest absolute Gasteiger partial charge is 0.134 e. The van der Waals surface area contributed by atoms with E-state index in [0.29, 0.717) is 0 Å². The quantitative estimate of drug-likeness (QED) is 0.406. The largest absolute Gasteiger partial charge is 0.460 e. The first kappa shape index (κ1) is 16.0. The van der Waals surface area contributed by atoms with E-state index in [4.69, 9.17) is 8.83 Å². The van der Waals surface area contributed by atoms with E-state index in [1.807, 2.05) is 0 Å². The van der Waals surface area contributed by atoms with Crippen LogP contribution in [0.2, 0.25) is 0 Å². The maximum atomic E-state index is 6.29. The van der Waals surface area contributed by atoms with E-state index in [2.05, 4.69) is 77.9 Å². The van der Waals surface area contributed by atoms with Crippen molar-refractivity contribution in [3.63, 3.8) is 0 Å². The van der Waals surface area contributed by atoms with Crippen molar-refractivity contribution in [3.05, 3.63) is 70.2 Å². The molecule has 0 aliphatic rings. The maximum Gasteiger partial charge on any atom is 0.134 e. The molecule has 0 amide bonds. The molecule has 0 N–H and O–H groups in total. The van der Waals surface area contributed by atoms with Gasteiger partial charge in [-0.25, -0.2) is 0 Å². The van der Waals surface area contributed by atoms with Crippen LogP contribution >= 0.6 is 0 Å². The zero-order chi connectivity index (χ0) is 17.9. The Labute approximate surface area is 148 Å². The fraction of sp³-hybridized carbons (Fsp3) is 0.304. The first-order valence-corrected chi connectivity index (χ1v) is 8.79. The van der Waals surface area contributed by atoms with Gasteiger partial charge in [0, 0.05) is 10.8 Å². The van der Waals surface area contributed by atoms with E-state index in [0.717, 1.165) is 22.7 Å². The number of aryl methyl sites for hydroxylation is 4. The molecular formula is C23H24O2. The summed E-state index contributed by atoms with van der Waals surface area (Å²) in [5.74, 6) is 1.96. The molecule has 0 bridgehead atoms.